The Bertz CT molecular complexity index is 355. The molecule has 0 bridgehead atoms. The van der Waals surface area contributed by atoms with Gasteiger partial charge in [-0.05, 0) is 12.1 Å². The van der Waals surface area contributed by atoms with Crippen molar-refractivity contribution < 1.29 is 14.6 Å². The molecular weight excluding hydrogens is 208 g/mol. The molecule has 16 heavy (non-hydrogen) atoms. The average molecular weight is 224 g/mol. The molecule has 0 aliphatic heterocycles. The lowest BCUT2D eigenvalue weighted by Crippen LogP contribution is -2.31. The first-order valence-electron chi connectivity index (χ1n) is 4.97. The topological polar surface area (TPSA) is 84.6 Å². The van der Waals surface area contributed by atoms with E-state index in [2.05, 4.69) is 5.32 Å². The summed E-state index contributed by atoms with van der Waals surface area (Å²) >= 11 is 0. The van der Waals surface area contributed by atoms with Crippen LogP contribution in [0.1, 0.15) is 6.42 Å². The van der Waals surface area contributed by atoms with E-state index in [4.69, 9.17) is 15.6 Å². The maximum atomic E-state index is 10.4. The number of carboxylic acids is 1. The summed E-state index contributed by atoms with van der Waals surface area (Å²) in [5.74, 6) is -0.181. The second-order valence-electron chi connectivity index (χ2n) is 3.44. The SMILES string of the molecule is COc1ccccc1NCC(N)CC(=O)O. The highest BCUT2D eigenvalue weighted by Gasteiger charge is 2.08. The molecule has 0 radical (unpaired) electrons. The first kappa shape index (κ1) is 12.3. The lowest BCUT2D eigenvalue weighted by molar-refractivity contribution is -0.137. The minimum Gasteiger partial charge on any atom is -0.495 e. The number of rotatable bonds is 6. The van der Waals surface area contributed by atoms with Gasteiger partial charge >= 0.3 is 5.97 Å². The third-order valence-electron chi connectivity index (χ3n) is 2.10. The maximum Gasteiger partial charge on any atom is 0.304 e. The van der Waals surface area contributed by atoms with Gasteiger partial charge in [0.05, 0.1) is 19.2 Å². The number of anilines is 1. The van der Waals surface area contributed by atoms with Crippen LogP contribution in [0, 0.1) is 0 Å². The van der Waals surface area contributed by atoms with Crippen molar-refractivity contribution in [3.63, 3.8) is 0 Å². The van der Waals surface area contributed by atoms with Crippen molar-refractivity contribution in [2.24, 2.45) is 5.73 Å². The minimum absolute atomic E-state index is 0.0534. The summed E-state index contributed by atoms with van der Waals surface area (Å²) < 4.78 is 5.14. The van der Waals surface area contributed by atoms with Crippen LogP contribution in [-0.4, -0.2) is 30.8 Å². The number of carbonyl (C=O) groups is 1. The fraction of sp³-hybridized carbons (Fsp3) is 0.364. The highest BCUT2D eigenvalue weighted by Crippen LogP contribution is 2.22. The molecule has 0 saturated carbocycles. The Hall–Kier alpha value is -1.75. The van der Waals surface area contributed by atoms with E-state index in [9.17, 15) is 4.79 Å². The number of nitrogens with one attached hydrogen (secondary N) is 1. The molecule has 1 aromatic carbocycles. The number of methoxy groups -OCH3 is 1. The van der Waals surface area contributed by atoms with Gasteiger partial charge in [-0.15, -0.1) is 0 Å². The number of para-hydroxylation sites is 2. The van der Waals surface area contributed by atoms with Gasteiger partial charge < -0.3 is 20.9 Å². The zero-order valence-electron chi connectivity index (χ0n) is 9.14. The highest BCUT2D eigenvalue weighted by atomic mass is 16.5. The van der Waals surface area contributed by atoms with E-state index in [0.717, 1.165) is 5.69 Å². The van der Waals surface area contributed by atoms with Crippen molar-refractivity contribution in [2.75, 3.05) is 19.0 Å². The fourth-order valence-electron chi connectivity index (χ4n) is 1.33. The van der Waals surface area contributed by atoms with E-state index < -0.39 is 12.0 Å². The number of ether oxygens (including phenoxy) is 1. The van der Waals surface area contributed by atoms with Gasteiger partial charge in [-0.1, -0.05) is 12.1 Å². The Labute approximate surface area is 94.2 Å². The van der Waals surface area contributed by atoms with Crippen molar-refractivity contribution in [1.29, 1.82) is 0 Å². The number of hydrogen-bond donors (Lipinski definition) is 3. The quantitative estimate of drug-likeness (QED) is 0.668. The van der Waals surface area contributed by atoms with Crippen molar-refractivity contribution in [1.82, 2.24) is 0 Å². The Kier molecular flexibility index (Phi) is 4.60. The average Bonchev–Trinajstić information content (AvgIpc) is 2.26. The van der Waals surface area contributed by atoms with Gasteiger partial charge in [-0.3, -0.25) is 4.79 Å². The smallest absolute Gasteiger partial charge is 0.304 e. The molecule has 1 unspecified atom stereocenters. The first-order valence-corrected chi connectivity index (χ1v) is 4.97. The van der Waals surface area contributed by atoms with Crippen LogP contribution >= 0.6 is 0 Å². The summed E-state index contributed by atoms with van der Waals surface area (Å²) in [5.41, 5.74) is 6.44. The molecule has 4 N–H and O–H groups in total. The molecule has 5 nitrogen and oxygen atoms in total. The molecule has 0 aliphatic carbocycles. The van der Waals surface area contributed by atoms with Gasteiger partial charge in [0, 0.05) is 12.6 Å². The van der Waals surface area contributed by atoms with Gasteiger partial charge in [0.2, 0.25) is 0 Å². The number of hydrogen-bond acceptors (Lipinski definition) is 4. The van der Waals surface area contributed by atoms with Crippen molar-refractivity contribution in [3.8, 4) is 5.75 Å². The van der Waals surface area contributed by atoms with Crippen LogP contribution in [0.15, 0.2) is 24.3 Å². The number of benzene rings is 1. The summed E-state index contributed by atoms with van der Waals surface area (Å²) in [6.07, 6.45) is -0.0534. The van der Waals surface area contributed by atoms with Crippen LogP contribution in [0.25, 0.3) is 0 Å². The second-order valence-corrected chi connectivity index (χ2v) is 3.44. The van der Waals surface area contributed by atoms with Crippen LogP contribution in [0.2, 0.25) is 0 Å². The molecule has 0 spiro atoms. The van der Waals surface area contributed by atoms with Gasteiger partial charge in [0.1, 0.15) is 5.75 Å². The maximum absolute atomic E-state index is 10.4. The number of aliphatic carboxylic acids is 1. The van der Waals surface area contributed by atoms with E-state index >= 15 is 0 Å². The first-order chi connectivity index (χ1) is 7.63. The molecule has 1 aromatic rings. The molecule has 0 heterocycles. The molecule has 0 saturated heterocycles. The third kappa shape index (κ3) is 3.78. The Morgan fingerprint density at radius 3 is 2.88 bits per heavy atom. The zero-order valence-corrected chi connectivity index (χ0v) is 9.14. The van der Waals surface area contributed by atoms with Crippen molar-refractivity contribution >= 4 is 11.7 Å². The molecule has 1 rings (SSSR count). The van der Waals surface area contributed by atoms with Crippen LogP contribution in [0.3, 0.4) is 0 Å². The normalized spacial score (nSPS) is 11.9. The predicted octanol–water partition coefficient (Wildman–Crippen LogP) is 0.909. The molecule has 0 amide bonds. The Morgan fingerprint density at radius 2 is 2.25 bits per heavy atom. The summed E-state index contributed by atoms with van der Waals surface area (Å²) in [7, 11) is 1.58. The summed E-state index contributed by atoms with van der Waals surface area (Å²) in [6.45, 7) is 0.396. The molecule has 88 valence electrons. The second kappa shape index (κ2) is 5.97. The summed E-state index contributed by atoms with van der Waals surface area (Å²) in [4.78, 5) is 10.4. The highest BCUT2D eigenvalue weighted by molar-refractivity contribution is 5.67. The van der Waals surface area contributed by atoms with E-state index in [1.165, 1.54) is 0 Å². The monoisotopic (exact) mass is 224 g/mol. The summed E-state index contributed by atoms with van der Waals surface area (Å²) in [5, 5.41) is 11.6. The van der Waals surface area contributed by atoms with Crippen LogP contribution in [0.4, 0.5) is 5.69 Å². The predicted molar refractivity (Wildman–Crippen MR) is 61.7 cm³/mol. The Morgan fingerprint density at radius 1 is 1.56 bits per heavy atom. The summed E-state index contributed by atoms with van der Waals surface area (Å²) in [6, 6.07) is 6.99. The van der Waals surface area contributed by atoms with E-state index in [0.29, 0.717) is 12.3 Å². The van der Waals surface area contributed by atoms with E-state index in [-0.39, 0.29) is 6.42 Å². The molecule has 0 aromatic heterocycles. The standard InChI is InChI=1S/C11H16N2O3/c1-16-10-5-3-2-4-9(10)13-7-8(12)6-11(14)15/h2-5,8,13H,6-7,12H2,1H3,(H,14,15). The number of nitrogens with two attached hydrogens (primary N) is 1. The van der Waals surface area contributed by atoms with E-state index in [1.807, 2.05) is 24.3 Å². The van der Waals surface area contributed by atoms with E-state index in [1.54, 1.807) is 7.11 Å². The Balaban J connectivity index is 2.50. The molecule has 1 atom stereocenters. The molecule has 0 aliphatic rings. The van der Waals surface area contributed by atoms with Crippen LogP contribution < -0.4 is 15.8 Å². The van der Waals surface area contributed by atoms with Gasteiger partial charge in [-0.2, -0.15) is 0 Å². The van der Waals surface area contributed by atoms with Crippen molar-refractivity contribution in [2.45, 2.75) is 12.5 Å². The van der Waals surface area contributed by atoms with Crippen LogP contribution in [0.5, 0.6) is 5.75 Å². The number of carboxylic acid groups (broad SMARTS) is 1. The van der Waals surface area contributed by atoms with Gasteiger partial charge in [0.25, 0.3) is 0 Å². The molecule has 0 fully saturated rings. The fourth-order valence-corrected chi connectivity index (χ4v) is 1.33. The molecule has 5 heteroatoms. The lowest BCUT2D eigenvalue weighted by Gasteiger charge is -2.14. The van der Waals surface area contributed by atoms with Gasteiger partial charge in [-0.25, -0.2) is 0 Å². The third-order valence-corrected chi connectivity index (χ3v) is 2.10. The van der Waals surface area contributed by atoms with Gasteiger partial charge in [0.15, 0.2) is 0 Å². The largest absolute Gasteiger partial charge is 0.495 e. The van der Waals surface area contributed by atoms with Crippen LogP contribution in [-0.2, 0) is 4.79 Å². The zero-order chi connectivity index (χ0) is 12.0. The minimum atomic E-state index is -0.894. The van der Waals surface area contributed by atoms with Crippen molar-refractivity contribution in [3.05, 3.63) is 24.3 Å². The molecular formula is C11H16N2O3. The lowest BCUT2D eigenvalue weighted by atomic mass is 10.2.